The lowest BCUT2D eigenvalue weighted by Crippen LogP contribution is -2.35. The van der Waals surface area contributed by atoms with Crippen LogP contribution in [0.25, 0.3) is 0 Å². The average Bonchev–Trinajstić information content (AvgIpc) is 2.48. The van der Waals surface area contributed by atoms with Crippen LogP contribution in [0.1, 0.15) is 24.0 Å². The molecule has 1 atom stereocenters. The molecule has 0 aromatic carbocycles. The second-order valence-electron chi connectivity index (χ2n) is 3.60. The molecule has 1 unspecified atom stereocenters. The lowest BCUT2D eigenvalue weighted by Gasteiger charge is -2.10. The number of carboxylic acid groups (broad SMARTS) is 1. The molecule has 0 aliphatic heterocycles. The molecule has 5 nitrogen and oxygen atoms in total. The SMILES string of the molecule is Cc1nc(CC(=O)NC(C)CC(=O)O)cs1. The average molecular weight is 242 g/mol. The molecule has 0 saturated heterocycles. The number of hydrogen-bond acceptors (Lipinski definition) is 4. The van der Waals surface area contributed by atoms with Crippen molar-refractivity contribution in [3.8, 4) is 0 Å². The number of carboxylic acids is 1. The Balaban J connectivity index is 2.38. The zero-order chi connectivity index (χ0) is 12.1. The normalized spacial score (nSPS) is 12.1. The van der Waals surface area contributed by atoms with Crippen LogP contribution >= 0.6 is 11.3 Å². The Hall–Kier alpha value is -1.43. The molecule has 6 heteroatoms. The summed E-state index contributed by atoms with van der Waals surface area (Å²) in [5, 5.41) is 13.9. The van der Waals surface area contributed by atoms with Gasteiger partial charge in [-0.25, -0.2) is 4.98 Å². The summed E-state index contributed by atoms with van der Waals surface area (Å²) in [6.45, 7) is 3.54. The Kier molecular flexibility index (Phi) is 4.42. The van der Waals surface area contributed by atoms with Crippen molar-refractivity contribution in [2.24, 2.45) is 0 Å². The lowest BCUT2D eigenvalue weighted by molar-refractivity contribution is -0.137. The molecule has 0 spiro atoms. The van der Waals surface area contributed by atoms with Crippen molar-refractivity contribution in [2.75, 3.05) is 0 Å². The van der Waals surface area contributed by atoms with Crippen LogP contribution < -0.4 is 5.32 Å². The van der Waals surface area contributed by atoms with E-state index in [4.69, 9.17) is 5.11 Å². The van der Waals surface area contributed by atoms with Gasteiger partial charge in [-0.15, -0.1) is 11.3 Å². The van der Waals surface area contributed by atoms with E-state index >= 15 is 0 Å². The number of nitrogens with zero attached hydrogens (tertiary/aromatic N) is 1. The number of aromatic nitrogens is 1. The third-order valence-electron chi connectivity index (χ3n) is 1.90. The molecule has 16 heavy (non-hydrogen) atoms. The third-order valence-corrected chi connectivity index (χ3v) is 2.72. The predicted molar refractivity (Wildman–Crippen MR) is 60.4 cm³/mol. The van der Waals surface area contributed by atoms with Crippen LogP contribution in [0.4, 0.5) is 0 Å². The fourth-order valence-corrected chi connectivity index (χ4v) is 1.91. The number of hydrogen-bond donors (Lipinski definition) is 2. The zero-order valence-corrected chi connectivity index (χ0v) is 10.0. The summed E-state index contributed by atoms with van der Waals surface area (Å²) in [4.78, 5) is 26.0. The van der Waals surface area contributed by atoms with Crippen molar-refractivity contribution in [1.29, 1.82) is 0 Å². The van der Waals surface area contributed by atoms with Gasteiger partial charge < -0.3 is 10.4 Å². The first-order chi connectivity index (χ1) is 7.47. The van der Waals surface area contributed by atoms with Crippen LogP contribution in [0.15, 0.2) is 5.38 Å². The topological polar surface area (TPSA) is 79.3 Å². The Morgan fingerprint density at radius 2 is 2.31 bits per heavy atom. The maximum Gasteiger partial charge on any atom is 0.305 e. The van der Waals surface area contributed by atoms with E-state index < -0.39 is 5.97 Å². The van der Waals surface area contributed by atoms with E-state index in [1.165, 1.54) is 11.3 Å². The molecule has 1 aromatic heterocycles. The van der Waals surface area contributed by atoms with Crippen molar-refractivity contribution >= 4 is 23.2 Å². The Labute approximate surface area is 97.5 Å². The molecule has 0 aliphatic carbocycles. The van der Waals surface area contributed by atoms with Crippen molar-refractivity contribution < 1.29 is 14.7 Å². The molecule has 0 fully saturated rings. The first-order valence-electron chi connectivity index (χ1n) is 4.89. The molecule has 1 amide bonds. The Bertz CT molecular complexity index is 389. The first-order valence-corrected chi connectivity index (χ1v) is 5.77. The highest BCUT2D eigenvalue weighted by Gasteiger charge is 2.12. The van der Waals surface area contributed by atoms with Gasteiger partial charge in [-0.1, -0.05) is 0 Å². The van der Waals surface area contributed by atoms with Gasteiger partial charge in [0.15, 0.2) is 0 Å². The number of carbonyl (C=O) groups is 2. The number of aryl methyl sites for hydroxylation is 1. The number of rotatable bonds is 5. The summed E-state index contributed by atoms with van der Waals surface area (Å²) in [6.07, 6.45) is 0.135. The maximum atomic E-state index is 11.5. The van der Waals surface area contributed by atoms with E-state index in [0.29, 0.717) is 0 Å². The Morgan fingerprint density at radius 1 is 1.62 bits per heavy atom. The standard InChI is InChI=1S/C10H14N2O3S/c1-6(3-10(14)15)11-9(13)4-8-5-16-7(2)12-8/h5-6H,3-4H2,1-2H3,(H,11,13)(H,14,15). The van der Waals surface area contributed by atoms with Gasteiger partial charge in [0.25, 0.3) is 0 Å². The molecule has 1 aromatic rings. The molecule has 0 bridgehead atoms. The van der Waals surface area contributed by atoms with Gasteiger partial charge in [-0.2, -0.15) is 0 Å². The fourth-order valence-electron chi connectivity index (χ4n) is 1.29. The van der Waals surface area contributed by atoms with Crippen molar-refractivity contribution in [3.63, 3.8) is 0 Å². The summed E-state index contributed by atoms with van der Waals surface area (Å²) >= 11 is 1.49. The van der Waals surface area contributed by atoms with E-state index in [0.717, 1.165) is 10.7 Å². The quantitative estimate of drug-likeness (QED) is 0.806. The highest BCUT2D eigenvalue weighted by molar-refractivity contribution is 7.09. The number of thiazole rings is 1. The summed E-state index contributed by atoms with van der Waals surface area (Å²) in [7, 11) is 0. The molecule has 0 radical (unpaired) electrons. The summed E-state index contributed by atoms with van der Waals surface area (Å²) < 4.78 is 0. The predicted octanol–water partition coefficient (Wildman–Crippen LogP) is 0.973. The van der Waals surface area contributed by atoms with Crippen LogP contribution in [-0.4, -0.2) is 28.0 Å². The van der Waals surface area contributed by atoms with Crippen LogP contribution in [0.3, 0.4) is 0 Å². The molecular formula is C10H14N2O3S. The monoisotopic (exact) mass is 242 g/mol. The maximum absolute atomic E-state index is 11.5. The van der Waals surface area contributed by atoms with Crippen molar-refractivity contribution in [2.45, 2.75) is 32.7 Å². The van der Waals surface area contributed by atoms with E-state index in [-0.39, 0.29) is 24.8 Å². The first kappa shape index (κ1) is 12.6. The van der Waals surface area contributed by atoms with Crippen molar-refractivity contribution in [1.82, 2.24) is 10.3 Å². The smallest absolute Gasteiger partial charge is 0.305 e. The number of aliphatic carboxylic acids is 1. The third kappa shape index (κ3) is 4.39. The molecule has 88 valence electrons. The number of carbonyl (C=O) groups excluding carboxylic acids is 1. The summed E-state index contributed by atoms with van der Waals surface area (Å²) in [5.41, 5.74) is 0.725. The molecule has 1 heterocycles. The van der Waals surface area contributed by atoms with Gasteiger partial charge >= 0.3 is 5.97 Å². The summed E-state index contributed by atoms with van der Waals surface area (Å²) in [5.74, 6) is -1.11. The molecular weight excluding hydrogens is 228 g/mol. The number of nitrogens with one attached hydrogen (secondary N) is 1. The van der Waals surface area contributed by atoms with Gasteiger partial charge in [0.05, 0.1) is 23.5 Å². The second-order valence-corrected chi connectivity index (χ2v) is 4.66. The fraction of sp³-hybridized carbons (Fsp3) is 0.500. The molecule has 0 saturated carbocycles. The van der Waals surface area contributed by atoms with E-state index in [1.807, 2.05) is 12.3 Å². The highest BCUT2D eigenvalue weighted by atomic mass is 32.1. The Morgan fingerprint density at radius 3 is 2.81 bits per heavy atom. The van der Waals surface area contributed by atoms with Crippen LogP contribution in [0.2, 0.25) is 0 Å². The highest BCUT2D eigenvalue weighted by Crippen LogP contribution is 2.08. The van der Waals surface area contributed by atoms with E-state index in [1.54, 1.807) is 6.92 Å². The zero-order valence-electron chi connectivity index (χ0n) is 9.19. The van der Waals surface area contributed by atoms with Gasteiger partial charge in [-0.05, 0) is 13.8 Å². The van der Waals surface area contributed by atoms with E-state index in [9.17, 15) is 9.59 Å². The van der Waals surface area contributed by atoms with Gasteiger partial charge in [0, 0.05) is 11.4 Å². The number of amides is 1. The molecule has 2 N–H and O–H groups in total. The molecule has 1 rings (SSSR count). The van der Waals surface area contributed by atoms with Gasteiger partial charge in [0.2, 0.25) is 5.91 Å². The van der Waals surface area contributed by atoms with Crippen LogP contribution in [0, 0.1) is 6.92 Å². The minimum absolute atomic E-state index is 0.0676. The van der Waals surface area contributed by atoms with Gasteiger partial charge in [-0.3, -0.25) is 9.59 Å². The summed E-state index contributed by atoms with van der Waals surface area (Å²) in [6, 6.07) is -0.357. The van der Waals surface area contributed by atoms with Crippen LogP contribution in [0.5, 0.6) is 0 Å². The lowest BCUT2D eigenvalue weighted by atomic mass is 10.2. The minimum atomic E-state index is -0.919. The minimum Gasteiger partial charge on any atom is -0.481 e. The second kappa shape index (κ2) is 5.60. The van der Waals surface area contributed by atoms with Crippen molar-refractivity contribution in [3.05, 3.63) is 16.1 Å². The van der Waals surface area contributed by atoms with Crippen LogP contribution in [-0.2, 0) is 16.0 Å². The van der Waals surface area contributed by atoms with Gasteiger partial charge in [0.1, 0.15) is 0 Å². The largest absolute Gasteiger partial charge is 0.481 e. The van der Waals surface area contributed by atoms with E-state index in [2.05, 4.69) is 10.3 Å². The molecule has 0 aliphatic rings.